The summed E-state index contributed by atoms with van der Waals surface area (Å²) in [7, 11) is 1.44. The van der Waals surface area contributed by atoms with Crippen LogP contribution in [0.3, 0.4) is 0 Å². The maximum Gasteiger partial charge on any atom is 0.305 e. The highest BCUT2D eigenvalue weighted by atomic mass is 16.5. The minimum Gasteiger partial charge on any atom is -0.469 e. The summed E-state index contributed by atoms with van der Waals surface area (Å²) in [5.41, 5.74) is -0.842. The van der Waals surface area contributed by atoms with Crippen molar-refractivity contribution in [3.8, 4) is 0 Å². The molecular formula is C31H54O6. The van der Waals surface area contributed by atoms with Gasteiger partial charge < -0.3 is 25.2 Å². The summed E-state index contributed by atoms with van der Waals surface area (Å²) in [6.07, 6.45) is 6.80. The Morgan fingerprint density at radius 1 is 1.11 bits per heavy atom. The molecule has 0 aromatic heterocycles. The number of hydrogen-bond acceptors (Lipinski definition) is 6. The van der Waals surface area contributed by atoms with E-state index in [1.165, 1.54) is 26.5 Å². The van der Waals surface area contributed by atoms with Crippen LogP contribution in [0, 0.1) is 39.9 Å². The largest absolute Gasteiger partial charge is 0.469 e. The summed E-state index contributed by atoms with van der Waals surface area (Å²) >= 11 is 0. The average Bonchev–Trinajstić information content (AvgIpc) is 3.07. The van der Waals surface area contributed by atoms with Gasteiger partial charge in [0.25, 0.3) is 0 Å². The molecule has 0 bridgehead atoms. The second kappa shape index (κ2) is 10.2. The molecule has 37 heavy (non-hydrogen) atoms. The minimum atomic E-state index is -1.34. The fraction of sp³-hybridized carbons (Fsp3) is 0.903. The number of rotatable bonds is 9. The topological polar surface area (TPSA) is 107 Å². The number of carbonyl (C=O) groups excluding carboxylic acids is 1. The quantitative estimate of drug-likeness (QED) is 0.250. The van der Waals surface area contributed by atoms with Gasteiger partial charge in [0.05, 0.1) is 24.4 Å². The number of aliphatic hydroxyl groups is 4. The molecule has 2 fully saturated rings. The molecule has 214 valence electrons. The zero-order valence-electron chi connectivity index (χ0n) is 24.8. The molecular weight excluding hydrogens is 468 g/mol. The zero-order chi connectivity index (χ0) is 28.2. The third-order valence-electron chi connectivity index (χ3n) is 11.5. The lowest BCUT2D eigenvalue weighted by molar-refractivity contribution is -0.144. The molecule has 6 nitrogen and oxygen atoms in total. The van der Waals surface area contributed by atoms with E-state index in [-0.39, 0.29) is 34.1 Å². The monoisotopic (exact) mass is 522 g/mol. The van der Waals surface area contributed by atoms with Crippen molar-refractivity contribution in [2.75, 3.05) is 7.11 Å². The number of carbonyl (C=O) groups is 1. The summed E-state index contributed by atoms with van der Waals surface area (Å²) in [4.78, 5) is 12.2. The Morgan fingerprint density at radius 2 is 1.73 bits per heavy atom. The van der Waals surface area contributed by atoms with Gasteiger partial charge in [0.15, 0.2) is 0 Å². The van der Waals surface area contributed by atoms with E-state index in [1.54, 1.807) is 0 Å². The second-order valence-electron chi connectivity index (χ2n) is 14.5. The lowest BCUT2D eigenvalue weighted by Gasteiger charge is -2.61. The van der Waals surface area contributed by atoms with Crippen LogP contribution in [0.25, 0.3) is 0 Å². The van der Waals surface area contributed by atoms with Crippen molar-refractivity contribution in [1.29, 1.82) is 0 Å². The summed E-state index contributed by atoms with van der Waals surface area (Å²) in [5.74, 6) is 0.768. The third kappa shape index (κ3) is 5.29. The van der Waals surface area contributed by atoms with Gasteiger partial charge in [-0.1, -0.05) is 39.3 Å². The van der Waals surface area contributed by atoms with E-state index < -0.39 is 23.4 Å². The van der Waals surface area contributed by atoms with Crippen LogP contribution in [0.1, 0.15) is 107 Å². The van der Waals surface area contributed by atoms with Crippen molar-refractivity contribution < 1.29 is 30.0 Å². The SMILES string of the molecule is COC(=O)CC[C@]1(C)[C@H]2CC[C@@]3(C)[C@H]([C@@H](C)C[C@@H](O)[C@H](O)C(C)(C)O)CC[C@]3(C)C2=CC[C@H]1C(C)(C)O. The molecule has 3 rings (SSSR count). The average molecular weight is 523 g/mol. The van der Waals surface area contributed by atoms with Crippen LogP contribution in [0.5, 0.6) is 0 Å². The molecule has 0 amide bonds. The third-order valence-corrected chi connectivity index (χ3v) is 11.5. The Morgan fingerprint density at radius 3 is 2.27 bits per heavy atom. The molecule has 3 aliphatic rings. The fourth-order valence-electron chi connectivity index (χ4n) is 9.16. The summed E-state index contributed by atoms with van der Waals surface area (Å²) in [6, 6.07) is 0. The molecule has 0 saturated heterocycles. The highest BCUT2D eigenvalue weighted by molar-refractivity contribution is 5.69. The predicted molar refractivity (Wildman–Crippen MR) is 146 cm³/mol. The van der Waals surface area contributed by atoms with Gasteiger partial charge in [-0.3, -0.25) is 4.79 Å². The smallest absolute Gasteiger partial charge is 0.305 e. The number of esters is 1. The van der Waals surface area contributed by atoms with Gasteiger partial charge in [-0.15, -0.1) is 0 Å². The number of ether oxygens (including phenoxy) is 1. The van der Waals surface area contributed by atoms with E-state index in [2.05, 4.69) is 33.8 Å². The maximum absolute atomic E-state index is 12.2. The number of methoxy groups -OCH3 is 1. The Labute approximate surface area is 224 Å². The molecule has 0 radical (unpaired) electrons. The minimum absolute atomic E-state index is 0.00571. The van der Waals surface area contributed by atoms with Crippen molar-refractivity contribution in [1.82, 2.24) is 0 Å². The first-order valence-corrected chi connectivity index (χ1v) is 14.4. The molecule has 0 unspecified atom stereocenters. The Kier molecular flexibility index (Phi) is 8.45. The zero-order valence-corrected chi connectivity index (χ0v) is 24.8. The standard InChI is InChI=1S/C31H54O6/c1-19(18-23(32)26(34)28(4,5)36)20-12-16-31(8)22-10-11-24(27(2,3)35)29(6,15-14-25(33)37-9)21(22)13-17-30(20,31)7/h10,19-21,23-24,26,32,34-36H,11-18H2,1-9H3/t19-,20-,21-,23+,24-,26-,29+,30-,31+/m0/s1. The predicted octanol–water partition coefficient (Wildman–Crippen LogP) is 5.01. The first-order chi connectivity index (χ1) is 16.8. The highest BCUT2D eigenvalue weighted by Gasteiger charge is 2.64. The number of aliphatic hydroxyl groups excluding tert-OH is 2. The molecule has 6 heteroatoms. The molecule has 2 saturated carbocycles. The van der Waals surface area contributed by atoms with Crippen molar-refractivity contribution in [2.24, 2.45) is 39.9 Å². The van der Waals surface area contributed by atoms with Gasteiger partial charge in [-0.2, -0.15) is 0 Å². The lowest BCUT2D eigenvalue weighted by atomic mass is 9.43. The number of hydrogen-bond donors (Lipinski definition) is 4. The molecule has 0 aliphatic heterocycles. The molecule has 0 spiro atoms. The lowest BCUT2D eigenvalue weighted by Crippen LogP contribution is -2.55. The summed E-state index contributed by atoms with van der Waals surface area (Å²) < 4.78 is 4.99. The number of allylic oxidation sites excluding steroid dienone is 2. The summed E-state index contributed by atoms with van der Waals surface area (Å²) in [6.45, 7) is 16.2. The van der Waals surface area contributed by atoms with Crippen LogP contribution >= 0.6 is 0 Å². The van der Waals surface area contributed by atoms with Gasteiger partial charge in [0.1, 0.15) is 6.10 Å². The van der Waals surface area contributed by atoms with Crippen LogP contribution in [0.4, 0.5) is 0 Å². The Bertz CT molecular complexity index is 868. The van der Waals surface area contributed by atoms with Crippen LogP contribution in [-0.2, 0) is 9.53 Å². The van der Waals surface area contributed by atoms with Crippen molar-refractivity contribution >= 4 is 5.97 Å². The van der Waals surface area contributed by atoms with Gasteiger partial charge in [0.2, 0.25) is 0 Å². The van der Waals surface area contributed by atoms with Crippen LogP contribution < -0.4 is 0 Å². The van der Waals surface area contributed by atoms with Gasteiger partial charge in [-0.25, -0.2) is 0 Å². The Hall–Kier alpha value is -0.950. The Balaban J connectivity index is 1.91. The molecule has 4 N–H and O–H groups in total. The van der Waals surface area contributed by atoms with Crippen LogP contribution in [-0.4, -0.2) is 56.9 Å². The number of fused-ring (bicyclic) bond motifs is 3. The molecule has 0 aromatic carbocycles. The van der Waals surface area contributed by atoms with E-state index >= 15 is 0 Å². The fourth-order valence-corrected chi connectivity index (χ4v) is 9.16. The van der Waals surface area contributed by atoms with Gasteiger partial charge in [-0.05, 0) is 113 Å². The second-order valence-corrected chi connectivity index (χ2v) is 14.5. The van der Waals surface area contributed by atoms with Crippen molar-refractivity contribution in [3.63, 3.8) is 0 Å². The van der Waals surface area contributed by atoms with E-state index in [1.807, 2.05) is 13.8 Å². The molecule has 0 heterocycles. The van der Waals surface area contributed by atoms with Crippen molar-refractivity contribution in [3.05, 3.63) is 11.6 Å². The highest BCUT2D eigenvalue weighted by Crippen LogP contribution is 2.72. The first kappa shape index (κ1) is 30.6. The molecule has 3 aliphatic carbocycles. The maximum atomic E-state index is 12.2. The van der Waals surface area contributed by atoms with Gasteiger partial charge in [0, 0.05) is 6.42 Å². The van der Waals surface area contributed by atoms with E-state index in [4.69, 9.17) is 4.74 Å². The van der Waals surface area contributed by atoms with E-state index in [0.29, 0.717) is 31.1 Å². The normalized spacial score (nSPS) is 38.7. The van der Waals surface area contributed by atoms with Crippen molar-refractivity contribution in [2.45, 2.75) is 130 Å². The molecule has 9 atom stereocenters. The summed E-state index contributed by atoms with van der Waals surface area (Å²) in [5, 5.41) is 42.6. The molecule has 0 aromatic rings. The first-order valence-electron chi connectivity index (χ1n) is 14.4. The van der Waals surface area contributed by atoms with Gasteiger partial charge >= 0.3 is 5.97 Å². The van der Waals surface area contributed by atoms with Crippen LogP contribution in [0.2, 0.25) is 0 Å². The van der Waals surface area contributed by atoms with E-state index in [0.717, 1.165) is 32.1 Å². The van der Waals surface area contributed by atoms with E-state index in [9.17, 15) is 25.2 Å². The van der Waals surface area contributed by atoms with Crippen LogP contribution in [0.15, 0.2) is 11.6 Å².